The lowest BCUT2D eigenvalue weighted by molar-refractivity contribution is -0.115. The molecule has 0 radical (unpaired) electrons. The van der Waals surface area contributed by atoms with Gasteiger partial charge in [0.25, 0.3) is 0 Å². The van der Waals surface area contributed by atoms with Gasteiger partial charge >= 0.3 is 0 Å². The second-order valence-corrected chi connectivity index (χ2v) is 9.38. The van der Waals surface area contributed by atoms with Gasteiger partial charge in [0.15, 0.2) is 8.29 Å². The van der Waals surface area contributed by atoms with Crippen molar-refractivity contribution in [3.05, 3.63) is 62.8 Å². The summed E-state index contributed by atoms with van der Waals surface area (Å²) in [6.07, 6.45) is 0. The van der Waals surface area contributed by atoms with E-state index in [1.54, 1.807) is 42.8 Å². The minimum Gasteiger partial charge on any atom is -0.325 e. The maximum absolute atomic E-state index is 13.6. The highest BCUT2D eigenvalue weighted by atomic mass is 35.5. The number of nitrogens with one attached hydrogen (secondary N) is 1. The second kappa shape index (κ2) is 8.52. The predicted molar refractivity (Wildman–Crippen MR) is 112 cm³/mol. The molecule has 1 N–H and O–H groups in total. The first-order valence-corrected chi connectivity index (χ1v) is 10.4. The van der Waals surface area contributed by atoms with Gasteiger partial charge in [0.2, 0.25) is 5.91 Å². The first kappa shape index (κ1) is 20.0. The summed E-state index contributed by atoms with van der Waals surface area (Å²) in [4.78, 5) is 12.4. The Kier molecular flexibility index (Phi) is 6.31. The molecule has 2 aromatic carbocycles. The van der Waals surface area contributed by atoms with Crippen LogP contribution in [0.3, 0.4) is 0 Å². The molecule has 1 aromatic heterocycles. The number of hydrogen-bond donors (Lipinski definition) is 1. The monoisotopic (exact) mass is 439 g/mol. The van der Waals surface area contributed by atoms with Crippen molar-refractivity contribution in [3.8, 4) is 5.69 Å². The molecule has 27 heavy (non-hydrogen) atoms. The minimum absolute atomic E-state index is 0.234. The molecule has 3 aromatic rings. The molecule has 0 saturated carbocycles. The lowest BCUT2D eigenvalue weighted by atomic mass is 10.2. The van der Waals surface area contributed by atoms with Gasteiger partial charge in [-0.1, -0.05) is 40.8 Å². The summed E-state index contributed by atoms with van der Waals surface area (Å²) < 4.78 is 16.5. The van der Waals surface area contributed by atoms with Gasteiger partial charge < -0.3 is 5.32 Å². The molecule has 0 fully saturated rings. The van der Waals surface area contributed by atoms with E-state index in [2.05, 4.69) is 10.4 Å². The third-order valence-corrected chi connectivity index (χ3v) is 6.35. The molecule has 4 nitrogen and oxygen atoms in total. The molecule has 0 aliphatic carbocycles. The maximum atomic E-state index is 13.6. The van der Waals surface area contributed by atoms with Crippen molar-refractivity contribution < 1.29 is 9.18 Å². The Bertz CT molecular complexity index is 1030. The van der Waals surface area contributed by atoms with E-state index in [0.29, 0.717) is 24.6 Å². The summed E-state index contributed by atoms with van der Waals surface area (Å²) in [5.74, 6) is -0.588. The lowest BCUT2D eigenvalue weighted by Crippen LogP contribution is -2.22. The van der Waals surface area contributed by atoms with Gasteiger partial charge in [0, 0.05) is 10.7 Å². The molecule has 0 saturated heterocycles. The molecule has 1 amide bonds. The van der Waals surface area contributed by atoms with Crippen LogP contribution in [-0.2, 0) is 4.79 Å². The van der Waals surface area contributed by atoms with Gasteiger partial charge in [-0.15, -0.1) is 5.10 Å². The highest BCUT2D eigenvalue weighted by Crippen LogP contribution is 2.28. The SMILES string of the molecule is Cc1ccc(NC(=O)[C@@H](C)Sc2nn(-c3ccc(Cl)cc3)c(=S)s2)cc1F. The van der Waals surface area contributed by atoms with E-state index >= 15 is 0 Å². The van der Waals surface area contributed by atoms with Crippen LogP contribution in [0.2, 0.25) is 5.02 Å². The zero-order valence-electron chi connectivity index (χ0n) is 14.4. The first-order valence-electron chi connectivity index (χ1n) is 7.93. The van der Waals surface area contributed by atoms with E-state index in [4.69, 9.17) is 23.8 Å². The van der Waals surface area contributed by atoms with E-state index < -0.39 is 5.25 Å². The van der Waals surface area contributed by atoms with Gasteiger partial charge in [-0.2, -0.15) is 0 Å². The molecule has 0 aliphatic heterocycles. The molecule has 0 spiro atoms. The number of carbonyl (C=O) groups is 1. The van der Waals surface area contributed by atoms with Crippen LogP contribution in [0.1, 0.15) is 12.5 Å². The summed E-state index contributed by atoms with van der Waals surface area (Å²) >= 11 is 13.9. The molecule has 3 rings (SSSR count). The topological polar surface area (TPSA) is 46.9 Å². The van der Waals surface area contributed by atoms with Crippen molar-refractivity contribution in [2.75, 3.05) is 5.32 Å². The fourth-order valence-electron chi connectivity index (χ4n) is 2.17. The number of aromatic nitrogens is 2. The highest BCUT2D eigenvalue weighted by molar-refractivity contribution is 8.02. The molecule has 0 unspecified atom stereocenters. The average Bonchev–Trinajstić information content (AvgIpc) is 2.99. The fourth-order valence-corrected chi connectivity index (χ4v) is 4.80. The summed E-state index contributed by atoms with van der Waals surface area (Å²) in [5.41, 5.74) is 1.76. The number of halogens is 2. The van der Waals surface area contributed by atoms with Crippen LogP contribution in [0.15, 0.2) is 46.8 Å². The number of nitrogens with zero attached hydrogens (tertiary/aromatic N) is 2. The molecule has 0 aliphatic rings. The van der Waals surface area contributed by atoms with Gasteiger partial charge in [-0.05, 0) is 68.0 Å². The van der Waals surface area contributed by atoms with E-state index in [-0.39, 0.29) is 11.7 Å². The predicted octanol–water partition coefficient (Wildman–Crippen LogP) is 5.88. The minimum atomic E-state index is -0.423. The zero-order valence-corrected chi connectivity index (χ0v) is 17.6. The zero-order chi connectivity index (χ0) is 19.6. The number of benzene rings is 2. The number of hydrogen-bond acceptors (Lipinski definition) is 5. The Morgan fingerprint density at radius 3 is 2.70 bits per heavy atom. The third kappa shape index (κ3) is 4.95. The highest BCUT2D eigenvalue weighted by Gasteiger charge is 2.18. The Hall–Kier alpha value is -1.74. The molecule has 1 heterocycles. The third-order valence-electron chi connectivity index (χ3n) is 3.69. The Balaban J connectivity index is 1.70. The van der Waals surface area contributed by atoms with Crippen LogP contribution in [0, 0.1) is 16.7 Å². The summed E-state index contributed by atoms with van der Waals surface area (Å²) in [5, 5.41) is 7.40. The largest absolute Gasteiger partial charge is 0.325 e. The number of rotatable bonds is 5. The number of carbonyl (C=O) groups excluding carboxylic acids is 1. The normalized spacial score (nSPS) is 12.0. The maximum Gasteiger partial charge on any atom is 0.237 e. The molecular formula is C18H15ClFN3OS3. The number of thioether (sulfide) groups is 1. The number of anilines is 1. The van der Waals surface area contributed by atoms with Crippen LogP contribution < -0.4 is 5.32 Å². The Morgan fingerprint density at radius 2 is 2.04 bits per heavy atom. The van der Waals surface area contributed by atoms with Crippen LogP contribution >= 0.6 is 46.9 Å². The Morgan fingerprint density at radius 1 is 1.33 bits per heavy atom. The van der Waals surface area contributed by atoms with Crippen molar-refractivity contribution >= 4 is 58.5 Å². The van der Waals surface area contributed by atoms with Crippen molar-refractivity contribution in [2.45, 2.75) is 23.4 Å². The van der Waals surface area contributed by atoms with E-state index in [9.17, 15) is 9.18 Å². The van der Waals surface area contributed by atoms with E-state index in [1.165, 1.54) is 29.2 Å². The standard InChI is InChI=1S/C18H15ClFN3OS3/c1-10-3-6-13(9-15(10)20)21-16(24)11(2)26-17-22-23(18(25)27-17)14-7-4-12(19)5-8-14/h3-9,11H,1-2H3,(H,21,24)/t11-/m1/s1. The van der Waals surface area contributed by atoms with Gasteiger partial charge in [-0.3, -0.25) is 4.79 Å². The molecular weight excluding hydrogens is 425 g/mol. The van der Waals surface area contributed by atoms with Crippen LogP contribution in [0.25, 0.3) is 5.69 Å². The van der Waals surface area contributed by atoms with Crippen molar-refractivity contribution in [1.29, 1.82) is 0 Å². The molecule has 0 bridgehead atoms. The second-order valence-electron chi connectivity index (χ2n) is 5.74. The number of amides is 1. The van der Waals surface area contributed by atoms with E-state index in [0.717, 1.165) is 5.69 Å². The Labute approximate surface area is 174 Å². The van der Waals surface area contributed by atoms with Gasteiger partial charge in [-0.25, -0.2) is 9.07 Å². The van der Waals surface area contributed by atoms with Crippen LogP contribution in [0.5, 0.6) is 0 Å². The van der Waals surface area contributed by atoms with Crippen molar-refractivity contribution in [3.63, 3.8) is 0 Å². The average molecular weight is 440 g/mol. The van der Waals surface area contributed by atoms with Crippen LogP contribution in [-0.4, -0.2) is 20.9 Å². The van der Waals surface area contributed by atoms with Gasteiger partial charge in [0.1, 0.15) is 5.82 Å². The molecule has 140 valence electrons. The summed E-state index contributed by atoms with van der Waals surface area (Å²) in [6.45, 7) is 3.44. The number of aryl methyl sites for hydroxylation is 1. The fraction of sp³-hybridized carbons (Fsp3) is 0.167. The smallest absolute Gasteiger partial charge is 0.237 e. The summed E-state index contributed by atoms with van der Waals surface area (Å²) in [6, 6.07) is 11.8. The van der Waals surface area contributed by atoms with Crippen LogP contribution in [0.4, 0.5) is 10.1 Å². The van der Waals surface area contributed by atoms with Crippen molar-refractivity contribution in [2.24, 2.45) is 0 Å². The van der Waals surface area contributed by atoms with Gasteiger partial charge in [0.05, 0.1) is 10.9 Å². The lowest BCUT2D eigenvalue weighted by Gasteiger charge is -2.11. The summed E-state index contributed by atoms with van der Waals surface area (Å²) in [7, 11) is 0. The molecule has 1 atom stereocenters. The van der Waals surface area contributed by atoms with Crippen molar-refractivity contribution in [1.82, 2.24) is 9.78 Å². The van der Waals surface area contributed by atoms with E-state index in [1.807, 2.05) is 12.1 Å². The first-order chi connectivity index (χ1) is 12.8. The molecule has 9 heteroatoms. The quantitative estimate of drug-likeness (QED) is 0.398.